The van der Waals surface area contributed by atoms with E-state index in [4.69, 9.17) is 0 Å². The second-order valence-corrected chi connectivity index (χ2v) is 20.4. The maximum Gasteiger partial charge on any atom is 0.229 e. The summed E-state index contributed by atoms with van der Waals surface area (Å²) in [4.78, 5) is 23.3. The second kappa shape index (κ2) is 15.3. The zero-order valence-electron chi connectivity index (χ0n) is 15.7. The third-order valence-corrected chi connectivity index (χ3v) is 18.4. The lowest BCUT2D eigenvalue weighted by atomic mass is 10.3. The molecule has 0 aromatic carbocycles. The molecule has 0 rings (SSSR count). The lowest BCUT2D eigenvalue weighted by Crippen LogP contribution is -2.33. The molecule has 0 atom stereocenters. The van der Waals surface area contributed by atoms with Gasteiger partial charge in [0, 0.05) is 49.7 Å². The number of hydrogen-bond acceptors (Lipinski definition) is 2. The van der Waals surface area contributed by atoms with Crippen LogP contribution >= 0.6 is 0 Å². The molecular formula is C15H38N2O2Si4. The summed E-state index contributed by atoms with van der Waals surface area (Å²) in [5.74, 6) is -0.245. The second-order valence-electron chi connectivity index (χ2n) is 7.36. The molecule has 2 amide bonds. The lowest BCUT2D eigenvalue weighted by Gasteiger charge is -2.07. The van der Waals surface area contributed by atoms with Crippen molar-refractivity contribution in [2.24, 2.45) is 0 Å². The molecule has 0 fully saturated rings. The largest absolute Gasteiger partial charge is 0.356 e. The molecule has 136 valence electrons. The molecule has 8 heteroatoms. The smallest absolute Gasteiger partial charge is 0.229 e. The summed E-state index contributed by atoms with van der Waals surface area (Å²) < 4.78 is 0. The third-order valence-electron chi connectivity index (χ3n) is 3.88. The van der Waals surface area contributed by atoms with Crippen LogP contribution in [0.4, 0.5) is 0 Å². The first-order valence-electron chi connectivity index (χ1n) is 9.45. The summed E-state index contributed by atoms with van der Waals surface area (Å²) >= 11 is 0. The molecule has 0 heterocycles. The van der Waals surface area contributed by atoms with Crippen molar-refractivity contribution in [1.29, 1.82) is 0 Å². The fourth-order valence-corrected chi connectivity index (χ4v) is 12.5. The highest BCUT2D eigenvalue weighted by Crippen LogP contribution is 1.96. The Morgan fingerprint density at radius 1 is 0.783 bits per heavy atom. The first-order chi connectivity index (χ1) is 10.9. The molecule has 0 saturated heterocycles. The van der Waals surface area contributed by atoms with E-state index in [-0.39, 0.29) is 54.9 Å². The van der Waals surface area contributed by atoms with Crippen molar-refractivity contribution >= 4 is 48.4 Å². The number of hydrogen-bond donors (Lipinski definition) is 2. The van der Waals surface area contributed by atoms with E-state index in [0.717, 1.165) is 25.9 Å². The van der Waals surface area contributed by atoms with Gasteiger partial charge in [-0.05, 0) is 12.8 Å². The van der Waals surface area contributed by atoms with Crippen molar-refractivity contribution in [3.63, 3.8) is 0 Å². The highest BCUT2D eigenvalue weighted by atomic mass is 28.3. The number of nitrogens with one attached hydrogen (secondary N) is 2. The van der Waals surface area contributed by atoms with E-state index in [1.165, 1.54) is 23.4 Å². The molecule has 0 aliphatic carbocycles. The molecule has 0 aromatic rings. The number of rotatable bonds is 14. The Bertz CT molecular complexity index is 299. The van der Waals surface area contributed by atoms with Crippen molar-refractivity contribution in [2.75, 3.05) is 13.1 Å². The van der Waals surface area contributed by atoms with E-state index in [1.807, 2.05) is 0 Å². The van der Waals surface area contributed by atoms with Gasteiger partial charge >= 0.3 is 0 Å². The van der Waals surface area contributed by atoms with Gasteiger partial charge in [0.1, 0.15) is 6.42 Å². The van der Waals surface area contributed by atoms with Gasteiger partial charge in [-0.1, -0.05) is 49.6 Å². The van der Waals surface area contributed by atoms with Crippen LogP contribution in [0.2, 0.25) is 49.6 Å². The first-order valence-corrected chi connectivity index (χ1v) is 19.7. The minimum absolute atomic E-state index is 0.00727. The minimum atomic E-state index is -0.360. The number of amides is 2. The van der Waals surface area contributed by atoms with E-state index in [2.05, 4.69) is 36.8 Å². The van der Waals surface area contributed by atoms with Crippen LogP contribution in [0.25, 0.3) is 0 Å². The molecular weight excluding hydrogens is 353 g/mol. The molecule has 23 heavy (non-hydrogen) atoms. The van der Waals surface area contributed by atoms with Crippen molar-refractivity contribution < 1.29 is 9.59 Å². The number of carbonyl (C=O) groups is 2. The van der Waals surface area contributed by atoms with Crippen LogP contribution in [-0.2, 0) is 9.59 Å². The molecule has 0 saturated carbocycles. The standard InChI is InChI=1S/C15H38N2O2Si4/c1-22(2)12-20-9-5-7-16-14(18)11-15(19)17-8-6-10-21-13-23(3)4/h22-23H,5-13,20-21H2,1-4H3,(H,16,18)(H,17,19). The van der Waals surface area contributed by atoms with Crippen LogP contribution in [0.15, 0.2) is 0 Å². The van der Waals surface area contributed by atoms with E-state index < -0.39 is 0 Å². The Morgan fingerprint density at radius 3 is 1.52 bits per heavy atom. The molecule has 2 N–H and O–H groups in total. The van der Waals surface area contributed by atoms with Crippen LogP contribution in [0.3, 0.4) is 0 Å². The lowest BCUT2D eigenvalue weighted by molar-refractivity contribution is -0.129. The molecule has 0 aromatic heterocycles. The van der Waals surface area contributed by atoms with Gasteiger partial charge in [0.2, 0.25) is 11.8 Å². The molecule has 0 spiro atoms. The highest BCUT2D eigenvalue weighted by Gasteiger charge is 2.08. The first kappa shape index (κ1) is 22.8. The Morgan fingerprint density at radius 2 is 1.17 bits per heavy atom. The average Bonchev–Trinajstić information content (AvgIpc) is 2.45. The third kappa shape index (κ3) is 18.0. The SMILES string of the molecule is C[SiH](C)C[SiH2]CCCNC(=O)CC(=O)NCCC[SiH2]C[SiH](C)C. The van der Waals surface area contributed by atoms with Gasteiger partial charge in [0.05, 0.1) is 0 Å². The monoisotopic (exact) mass is 390 g/mol. The summed E-state index contributed by atoms with van der Waals surface area (Å²) in [6, 6.07) is 2.64. The van der Waals surface area contributed by atoms with Crippen LogP contribution in [0.5, 0.6) is 0 Å². The minimum Gasteiger partial charge on any atom is -0.356 e. The van der Waals surface area contributed by atoms with Gasteiger partial charge in [0.15, 0.2) is 0 Å². The van der Waals surface area contributed by atoms with Crippen molar-refractivity contribution in [3.8, 4) is 0 Å². The molecule has 0 radical (unpaired) electrons. The topological polar surface area (TPSA) is 58.2 Å². The molecule has 0 aliphatic heterocycles. The average molecular weight is 391 g/mol. The maximum atomic E-state index is 11.7. The van der Waals surface area contributed by atoms with Gasteiger partial charge in [-0.15, -0.1) is 0 Å². The summed E-state index contributed by atoms with van der Waals surface area (Å²) in [7, 11) is -0.500. The van der Waals surface area contributed by atoms with Crippen LogP contribution in [0, 0.1) is 0 Å². The Labute approximate surface area is 150 Å². The number of carbonyl (C=O) groups excluding carboxylic acids is 2. The van der Waals surface area contributed by atoms with Gasteiger partial charge in [-0.2, -0.15) is 0 Å². The summed E-state index contributed by atoms with van der Waals surface area (Å²) in [5, 5.41) is 5.74. The molecule has 4 nitrogen and oxygen atoms in total. The zero-order chi connectivity index (χ0) is 17.5. The molecule has 0 aliphatic rings. The fraction of sp³-hybridized carbons (Fsp3) is 0.867. The normalized spacial score (nSPS) is 12.1. The van der Waals surface area contributed by atoms with Crippen LogP contribution < -0.4 is 10.6 Å². The van der Waals surface area contributed by atoms with E-state index >= 15 is 0 Å². The van der Waals surface area contributed by atoms with Gasteiger partial charge < -0.3 is 10.6 Å². The predicted octanol–water partition coefficient (Wildman–Crippen LogP) is 0.452. The quantitative estimate of drug-likeness (QED) is 0.257. The molecule has 0 unspecified atom stereocenters. The fourth-order valence-electron chi connectivity index (χ4n) is 2.44. The van der Waals surface area contributed by atoms with E-state index in [0.29, 0.717) is 0 Å². The van der Waals surface area contributed by atoms with Gasteiger partial charge in [-0.3, -0.25) is 9.59 Å². The summed E-state index contributed by atoms with van der Waals surface area (Å²) in [5.41, 5.74) is 3.05. The Balaban J connectivity index is 3.43. The van der Waals surface area contributed by atoms with Crippen LogP contribution in [-0.4, -0.2) is 61.5 Å². The Kier molecular flexibility index (Phi) is 15.2. The highest BCUT2D eigenvalue weighted by molar-refractivity contribution is 6.68. The predicted molar refractivity (Wildman–Crippen MR) is 114 cm³/mol. The van der Waals surface area contributed by atoms with Gasteiger partial charge in [0.25, 0.3) is 0 Å². The summed E-state index contributed by atoms with van der Waals surface area (Å²) in [6.45, 7) is 11.1. The van der Waals surface area contributed by atoms with E-state index in [9.17, 15) is 9.59 Å². The van der Waals surface area contributed by atoms with E-state index in [1.54, 1.807) is 0 Å². The summed E-state index contributed by atoms with van der Waals surface area (Å²) in [6.07, 6.45) is 2.17. The maximum absolute atomic E-state index is 11.7. The zero-order valence-corrected chi connectivity index (χ0v) is 20.9. The molecule has 0 bridgehead atoms. The Hall–Kier alpha value is -0.192. The van der Waals surface area contributed by atoms with Crippen molar-refractivity contribution in [1.82, 2.24) is 10.6 Å². The van der Waals surface area contributed by atoms with Gasteiger partial charge in [-0.25, -0.2) is 0 Å². The van der Waals surface area contributed by atoms with Crippen molar-refractivity contribution in [3.05, 3.63) is 0 Å². The van der Waals surface area contributed by atoms with Crippen molar-refractivity contribution in [2.45, 2.75) is 68.9 Å². The van der Waals surface area contributed by atoms with Crippen LogP contribution in [0.1, 0.15) is 19.3 Å².